The zero-order valence-electron chi connectivity index (χ0n) is 13.5. The molecule has 0 unspecified atom stereocenters. The summed E-state index contributed by atoms with van der Waals surface area (Å²) in [5, 5.41) is 3.32. The van der Waals surface area contributed by atoms with Crippen molar-refractivity contribution >= 4 is 8.56 Å². The Kier molecular flexibility index (Phi) is 10.8. The van der Waals surface area contributed by atoms with Gasteiger partial charge in [0.1, 0.15) is 0 Å². The van der Waals surface area contributed by atoms with Crippen LogP contribution in [0.1, 0.15) is 34.1 Å². The van der Waals surface area contributed by atoms with Gasteiger partial charge < -0.3 is 19.9 Å². The third kappa shape index (κ3) is 11.6. The Balaban J connectivity index is 4.07. The maximum Gasteiger partial charge on any atom is 0.334 e. The molecule has 0 rings (SSSR count). The van der Waals surface area contributed by atoms with Crippen molar-refractivity contribution in [2.24, 2.45) is 17.6 Å². The first-order chi connectivity index (χ1) is 8.89. The molecule has 0 bridgehead atoms. The molecule has 0 heterocycles. The van der Waals surface area contributed by atoms with E-state index >= 15 is 0 Å². The Morgan fingerprint density at radius 1 is 1.00 bits per heavy atom. The molecule has 4 nitrogen and oxygen atoms in total. The van der Waals surface area contributed by atoms with Crippen molar-refractivity contribution in [2.45, 2.75) is 46.7 Å². The summed E-state index contributed by atoms with van der Waals surface area (Å²) < 4.78 is 12.2. The van der Waals surface area contributed by atoms with Crippen molar-refractivity contribution in [1.82, 2.24) is 5.32 Å². The third-order valence-electron chi connectivity index (χ3n) is 2.75. The van der Waals surface area contributed by atoms with Gasteiger partial charge in [-0.1, -0.05) is 27.7 Å². The first-order valence-corrected chi connectivity index (χ1v) is 10.1. The minimum absolute atomic E-state index is 0.560. The van der Waals surface area contributed by atoms with Crippen LogP contribution in [0.15, 0.2) is 0 Å². The normalized spacial score (nSPS) is 12.6. The topological polar surface area (TPSA) is 56.5 Å². The van der Waals surface area contributed by atoms with Crippen LogP contribution in [-0.2, 0) is 8.85 Å². The zero-order chi connectivity index (χ0) is 14.7. The molecule has 0 aliphatic rings. The molecule has 0 aliphatic carbocycles. The second-order valence-electron chi connectivity index (χ2n) is 6.19. The maximum atomic E-state index is 6.11. The lowest BCUT2D eigenvalue weighted by atomic mass is 10.2. The van der Waals surface area contributed by atoms with Gasteiger partial charge in [0.25, 0.3) is 0 Å². The molecule has 0 amide bonds. The molecule has 0 aliphatic heterocycles. The van der Waals surface area contributed by atoms with Gasteiger partial charge in [0.2, 0.25) is 0 Å². The molecule has 0 saturated heterocycles. The minimum atomic E-state index is -2.01. The van der Waals surface area contributed by atoms with E-state index in [4.69, 9.17) is 14.6 Å². The molecule has 0 aromatic heterocycles. The van der Waals surface area contributed by atoms with Gasteiger partial charge >= 0.3 is 8.56 Å². The number of nitrogens with one attached hydrogen (secondary N) is 1. The second kappa shape index (κ2) is 10.8. The summed E-state index contributed by atoms with van der Waals surface area (Å²) in [6, 6.07) is 1.05. The number of rotatable bonds is 12. The van der Waals surface area contributed by atoms with E-state index in [1.807, 2.05) is 0 Å². The molecular formula is C14H34N2O2Si. The SMILES string of the molecule is CC(C)CO[Si](C)(CCCNCCN)OCC(C)C. The molecule has 5 heteroatoms. The first-order valence-electron chi connectivity index (χ1n) is 7.58. The predicted molar refractivity (Wildman–Crippen MR) is 84.5 cm³/mol. The third-order valence-corrected chi connectivity index (χ3v) is 5.57. The van der Waals surface area contributed by atoms with Gasteiger partial charge in [-0.25, -0.2) is 0 Å². The van der Waals surface area contributed by atoms with E-state index in [1.54, 1.807) is 0 Å². The highest BCUT2D eigenvalue weighted by Crippen LogP contribution is 2.18. The average Bonchev–Trinajstić information content (AvgIpc) is 2.34. The van der Waals surface area contributed by atoms with E-state index < -0.39 is 8.56 Å². The van der Waals surface area contributed by atoms with Crippen molar-refractivity contribution < 1.29 is 8.85 Å². The predicted octanol–water partition coefficient (Wildman–Crippen LogP) is 2.34. The van der Waals surface area contributed by atoms with E-state index in [2.05, 4.69) is 39.6 Å². The maximum absolute atomic E-state index is 6.11. The summed E-state index contributed by atoms with van der Waals surface area (Å²) in [4.78, 5) is 0. The smallest absolute Gasteiger partial charge is 0.334 e. The highest BCUT2D eigenvalue weighted by molar-refractivity contribution is 6.66. The molecule has 0 spiro atoms. The van der Waals surface area contributed by atoms with E-state index in [9.17, 15) is 0 Å². The highest BCUT2D eigenvalue weighted by Gasteiger charge is 2.31. The average molecular weight is 291 g/mol. The lowest BCUT2D eigenvalue weighted by Crippen LogP contribution is -2.41. The Hall–Kier alpha value is 0.0569. The first kappa shape index (κ1) is 19.1. The summed E-state index contributed by atoms with van der Waals surface area (Å²) in [7, 11) is -2.01. The van der Waals surface area contributed by atoms with Crippen molar-refractivity contribution in [3.05, 3.63) is 0 Å². The molecular weight excluding hydrogens is 256 g/mol. The standard InChI is InChI=1S/C14H34N2O2Si/c1-13(2)11-17-19(5,18-12-14(3)4)10-6-8-16-9-7-15/h13-14,16H,6-12,15H2,1-5H3. The van der Waals surface area contributed by atoms with Crippen LogP contribution < -0.4 is 11.1 Å². The molecule has 0 radical (unpaired) electrons. The van der Waals surface area contributed by atoms with Crippen LogP contribution in [0.2, 0.25) is 12.6 Å². The fourth-order valence-corrected chi connectivity index (χ4v) is 4.20. The van der Waals surface area contributed by atoms with Gasteiger partial charge in [-0.05, 0) is 37.4 Å². The van der Waals surface area contributed by atoms with Crippen molar-refractivity contribution in [3.63, 3.8) is 0 Å². The molecule has 0 fully saturated rings. The largest absolute Gasteiger partial charge is 0.394 e. The quantitative estimate of drug-likeness (QED) is 0.428. The van der Waals surface area contributed by atoms with Gasteiger partial charge in [-0.2, -0.15) is 0 Å². The van der Waals surface area contributed by atoms with Crippen molar-refractivity contribution in [3.8, 4) is 0 Å². The molecule has 0 saturated carbocycles. The van der Waals surface area contributed by atoms with Crippen LogP contribution >= 0.6 is 0 Å². The Bertz CT molecular complexity index is 202. The number of nitrogens with two attached hydrogens (primary N) is 1. The van der Waals surface area contributed by atoms with Gasteiger partial charge in [0.15, 0.2) is 0 Å². The van der Waals surface area contributed by atoms with Gasteiger partial charge in [-0.3, -0.25) is 0 Å². The van der Waals surface area contributed by atoms with Gasteiger partial charge in [-0.15, -0.1) is 0 Å². The fourth-order valence-electron chi connectivity index (χ4n) is 1.63. The molecule has 0 aromatic carbocycles. The number of hydrogen-bond donors (Lipinski definition) is 2. The van der Waals surface area contributed by atoms with Crippen LogP contribution in [0.3, 0.4) is 0 Å². The Morgan fingerprint density at radius 3 is 1.95 bits per heavy atom. The molecule has 19 heavy (non-hydrogen) atoms. The van der Waals surface area contributed by atoms with Crippen LogP contribution in [0.4, 0.5) is 0 Å². The monoisotopic (exact) mass is 290 g/mol. The van der Waals surface area contributed by atoms with Crippen LogP contribution in [0.5, 0.6) is 0 Å². The summed E-state index contributed by atoms with van der Waals surface area (Å²) in [6.45, 7) is 15.1. The van der Waals surface area contributed by atoms with Gasteiger partial charge in [0.05, 0.1) is 0 Å². The summed E-state index contributed by atoms with van der Waals surface area (Å²) >= 11 is 0. The van der Waals surface area contributed by atoms with Gasteiger partial charge in [0, 0.05) is 26.3 Å². The minimum Gasteiger partial charge on any atom is -0.394 e. The van der Waals surface area contributed by atoms with Crippen LogP contribution in [-0.4, -0.2) is 41.4 Å². The Labute approximate surface area is 120 Å². The van der Waals surface area contributed by atoms with Crippen molar-refractivity contribution in [2.75, 3.05) is 32.8 Å². The van der Waals surface area contributed by atoms with E-state index in [-0.39, 0.29) is 0 Å². The molecule has 3 N–H and O–H groups in total. The lowest BCUT2D eigenvalue weighted by Gasteiger charge is -2.29. The lowest BCUT2D eigenvalue weighted by molar-refractivity contribution is 0.142. The fraction of sp³-hybridized carbons (Fsp3) is 1.00. The highest BCUT2D eigenvalue weighted by atomic mass is 28.4. The van der Waals surface area contributed by atoms with Crippen molar-refractivity contribution in [1.29, 1.82) is 0 Å². The molecule has 116 valence electrons. The van der Waals surface area contributed by atoms with Crippen LogP contribution in [0, 0.1) is 11.8 Å². The van der Waals surface area contributed by atoms with E-state index in [1.165, 1.54) is 0 Å². The Morgan fingerprint density at radius 2 is 1.53 bits per heavy atom. The zero-order valence-corrected chi connectivity index (χ0v) is 14.5. The molecule has 0 atom stereocenters. The summed E-state index contributed by atoms with van der Waals surface area (Å²) in [5.41, 5.74) is 5.46. The summed E-state index contributed by atoms with van der Waals surface area (Å²) in [6.07, 6.45) is 1.10. The van der Waals surface area contributed by atoms with E-state index in [0.29, 0.717) is 18.4 Å². The summed E-state index contributed by atoms with van der Waals surface area (Å²) in [5.74, 6) is 1.12. The van der Waals surface area contributed by atoms with Crippen LogP contribution in [0.25, 0.3) is 0 Å². The number of hydrogen-bond acceptors (Lipinski definition) is 4. The van der Waals surface area contributed by atoms with E-state index in [0.717, 1.165) is 38.8 Å². The molecule has 0 aromatic rings. The second-order valence-corrected chi connectivity index (χ2v) is 9.53.